The average molecular weight is 475 g/mol. The lowest BCUT2D eigenvalue weighted by atomic mass is 9.71. The van der Waals surface area contributed by atoms with Crippen LogP contribution in [0.25, 0.3) is 22.3 Å². The molecular weight excluding hydrogens is 447 g/mol. The van der Waals surface area contributed by atoms with Crippen LogP contribution in [0.3, 0.4) is 0 Å². The fourth-order valence-electron chi connectivity index (χ4n) is 6.73. The third-order valence-corrected chi connectivity index (χ3v) is 8.49. The molecule has 35 heavy (non-hydrogen) atoms. The number of anilines is 1. The van der Waals surface area contributed by atoms with E-state index in [2.05, 4.69) is 4.90 Å². The number of halogens is 1. The number of benzene rings is 1. The van der Waals surface area contributed by atoms with Crippen molar-refractivity contribution in [2.45, 2.75) is 51.8 Å². The number of aromatic nitrogens is 2. The third kappa shape index (κ3) is 3.02. The number of piperidine rings is 2. The molecular formula is C27H27FN4O3. The van der Waals surface area contributed by atoms with E-state index in [0.29, 0.717) is 35.4 Å². The van der Waals surface area contributed by atoms with Gasteiger partial charge >= 0.3 is 5.97 Å². The largest absolute Gasteiger partial charge is 0.460 e. The second-order valence-corrected chi connectivity index (χ2v) is 10.6. The summed E-state index contributed by atoms with van der Waals surface area (Å²) in [4.78, 5) is 33.3. The van der Waals surface area contributed by atoms with Gasteiger partial charge in [-0.15, -0.1) is 0 Å². The highest BCUT2D eigenvalue weighted by Gasteiger charge is 2.38. The first kappa shape index (κ1) is 21.1. The van der Waals surface area contributed by atoms with Crippen LogP contribution in [0.15, 0.2) is 23.0 Å². The molecule has 1 aliphatic carbocycles. The van der Waals surface area contributed by atoms with E-state index in [1.54, 1.807) is 10.6 Å². The number of hydrogen-bond acceptors (Lipinski definition) is 6. The van der Waals surface area contributed by atoms with Crippen molar-refractivity contribution in [2.24, 2.45) is 11.8 Å². The van der Waals surface area contributed by atoms with E-state index in [4.69, 9.17) is 15.5 Å². The molecule has 180 valence electrons. The van der Waals surface area contributed by atoms with Crippen LogP contribution < -0.4 is 11.3 Å². The fourth-order valence-corrected chi connectivity index (χ4v) is 6.73. The molecule has 5 aliphatic rings. The summed E-state index contributed by atoms with van der Waals surface area (Å²) in [7, 11) is 0. The summed E-state index contributed by atoms with van der Waals surface area (Å²) in [6.45, 7) is 5.16. The summed E-state index contributed by atoms with van der Waals surface area (Å²) in [5, 5.41) is 0.845. The number of nitrogens with two attached hydrogens (primary N) is 1. The lowest BCUT2D eigenvalue weighted by Gasteiger charge is -2.47. The summed E-state index contributed by atoms with van der Waals surface area (Å²) in [6.07, 6.45) is 3.19. The molecule has 1 unspecified atom stereocenters. The van der Waals surface area contributed by atoms with Crippen molar-refractivity contribution in [2.75, 3.05) is 18.8 Å². The molecule has 7 nitrogen and oxygen atoms in total. The molecule has 3 aromatic rings. The molecule has 0 spiro atoms. The van der Waals surface area contributed by atoms with E-state index in [1.807, 2.05) is 13.0 Å². The number of nitrogens with zero attached hydrogens (tertiary/aromatic N) is 3. The molecule has 1 saturated carbocycles. The van der Waals surface area contributed by atoms with Gasteiger partial charge in [-0.2, -0.15) is 0 Å². The lowest BCUT2D eigenvalue weighted by molar-refractivity contribution is -0.148. The van der Waals surface area contributed by atoms with Gasteiger partial charge in [0.25, 0.3) is 5.56 Å². The first-order valence-corrected chi connectivity index (χ1v) is 12.5. The van der Waals surface area contributed by atoms with Crippen molar-refractivity contribution in [3.05, 3.63) is 56.6 Å². The number of ether oxygens (including phenoxy) is 1. The summed E-state index contributed by atoms with van der Waals surface area (Å²) in [5.74, 6) is 0.263. The Morgan fingerprint density at radius 1 is 1.14 bits per heavy atom. The molecule has 2 N–H and O–H groups in total. The number of pyridine rings is 2. The summed E-state index contributed by atoms with van der Waals surface area (Å²) < 4.78 is 21.5. The predicted molar refractivity (Wildman–Crippen MR) is 129 cm³/mol. The molecule has 0 radical (unpaired) electrons. The van der Waals surface area contributed by atoms with Gasteiger partial charge in [0, 0.05) is 36.7 Å². The third-order valence-electron chi connectivity index (χ3n) is 8.49. The van der Waals surface area contributed by atoms with Gasteiger partial charge in [0.2, 0.25) is 0 Å². The number of hydrogen-bond donors (Lipinski definition) is 1. The second kappa shape index (κ2) is 7.37. The standard InChI is InChI=1S/C27H27FN4O3/c1-2-15-16-6-24-25-19(11-32(24)26(33)20(16)12-35-27(15)34)18(10-31-8-13-3-14(4-13)9-31)17-5-22(29)21(28)7-23(17)30-25/h5-7,13-15H,2-4,8-12,29H2,1H3. The minimum atomic E-state index is -0.496. The Kier molecular flexibility index (Phi) is 4.43. The molecule has 0 amide bonds. The van der Waals surface area contributed by atoms with Crippen LogP contribution >= 0.6 is 0 Å². The van der Waals surface area contributed by atoms with Crippen molar-refractivity contribution in [3.63, 3.8) is 0 Å². The van der Waals surface area contributed by atoms with E-state index in [9.17, 15) is 14.0 Å². The molecule has 8 rings (SSSR count). The van der Waals surface area contributed by atoms with Gasteiger partial charge in [-0.1, -0.05) is 6.92 Å². The smallest absolute Gasteiger partial charge is 0.313 e. The molecule has 2 bridgehead atoms. The van der Waals surface area contributed by atoms with Gasteiger partial charge in [-0.3, -0.25) is 14.5 Å². The van der Waals surface area contributed by atoms with E-state index >= 15 is 0 Å². The average Bonchev–Trinajstić information content (AvgIpc) is 3.18. The molecule has 2 saturated heterocycles. The number of carbonyl (C=O) groups is 1. The first-order chi connectivity index (χ1) is 16.9. The van der Waals surface area contributed by atoms with Crippen LogP contribution in [0.2, 0.25) is 0 Å². The normalized spacial score (nSPS) is 24.5. The van der Waals surface area contributed by atoms with Gasteiger partial charge in [0.15, 0.2) is 0 Å². The van der Waals surface area contributed by atoms with Crippen LogP contribution in [-0.4, -0.2) is 33.5 Å². The molecule has 1 aromatic carbocycles. The Morgan fingerprint density at radius 2 is 1.91 bits per heavy atom. The monoisotopic (exact) mass is 474 g/mol. The quantitative estimate of drug-likeness (QED) is 0.361. The highest BCUT2D eigenvalue weighted by Crippen LogP contribution is 2.43. The van der Waals surface area contributed by atoms with Crippen molar-refractivity contribution in [1.82, 2.24) is 14.5 Å². The van der Waals surface area contributed by atoms with Crippen molar-refractivity contribution >= 4 is 22.6 Å². The van der Waals surface area contributed by atoms with Crippen LogP contribution in [0, 0.1) is 17.7 Å². The fraction of sp³-hybridized carbons (Fsp3) is 0.444. The molecule has 2 aromatic heterocycles. The number of cyclic esters (lactones) is 1. The van der Waals surface area contributed by atoms with E-state index in [-0.39, 0.29) is 23.8 Å². The lowest BCUT2D eigenvalue weighted by Crippen LogP contribution is -2.48. The van der Waals surface area contributed by atoms with Crippen molar-refractivity contribution < 1.29 is 13.9 Å². The van der Waals surface area contributed by atoms with E-state index < -0.39 is 11.7 Å². The Balaban J connectivity index is 1.43. The summed E-state index contributed by atoms with van der Waals surface area (Å²) in [5.41, 5.74) is 11.2. The van der Waals surface area contributed by atoms with Crippen LogP contribution in [0.1, 0.15) is 54.4 Å². The number of nitrogen functional groups attached to an aromatic ring is 1. The van der Waals surface area contributed by atoms with Gasteiger partial charge in [0.05, 0.1) is 40.6 Å². The van der Waals surface area contributed by atoms with Crippen molar-refractivity contribution in [1.29, 1.82) is 0 Å². The Morgan fingerprint density at radius 3 is 2.66 bits per heavy atom. The zero-order valence-corrected chi connectivity index (χ0v) is 19.6. The Hall–Kier alpha value is -3.26. The molecule has 8 heteroatoms. The first-order valence-electron chi connectivity index (χ1n) is 12.5. The zero-order chi connectivity index (χ0) is 24.0. The minimum absolute atomic E-state index is 0.000680. The number of rotatable bonds is 3. The predicted octanol–water partition coefficient (Wildman–Crippen LogP) is 3.54. The zero-order valence-electron chi connectivity index (χ0n) is 19.6. The van der Waals surface area contributed by atoms with Crippen LogP contribution in [0.4, 0.5) is 10.1 Å². The molecule has 3 fully saturated rings. The number of fused-ring (bicyclic) bond motifs is 7. The van der Waals surface area contributed by atoms with Crippen molar-refractivity contribution in [3.8, 4) is 11.4 Å². The SMILES string of the molecule is CCC1C(=O)OCc2c1cc1n(c2=O)Cc2c-1nc1cc(F)c(N)cc1c2CN1CC2CC(C2)C1. The molecule has 1 atom stereocenters. The molecule has 4 aliphatic heterocycles. The topological polar surface area (TPSA) is 90.4 Å². The second-order valence-electron chi connectivity index (χ2n) is 10.6. The van der Waals surface area contributed by atoms with E-state index in [1.165, 1.54) is 18.9 Å². The number of esters is 1. The highest BCUT2D eigenvalue weighted by atomic mass is 19.1. The van der Waals surface area contributed by atoms with Crippen LogP contribution in [0.5, 0.6) is 0 Å². The maximum absolute atomic E-state index is 14.5. The van der Waals surface area contributed by atoms with Crippen LogP contribution in [-0.2, 0) is 29.2 Å². The minimum Gasteiger partial charge on any atom is -0.460 e. The van der Waals surface area contributed by atoms with Gasteiger partial charge in [0.1, 0.15) is 12.4 Å². The van der Waals surface area contributed by atoms with Gasteiger partial charge in [-0.05, 0) is 54.4 Å². The Bertz CT molecular complexity index is 1480. The van der Waals surface area contributed by atoms with E-state index in [0.717, 1.165) is 53.5 Å². The van der Waals surface area contributed by atoms with Gasteiger partial charge < -0.3 is 15.0 Å². The Labute approximate surface area is 201 Å². The summed E-state index contributed by atoms with van der Waals surface area (Å²) in [6, 6.07) is 5.02. The maximum Gasteiger partial charge on any atom is 0.313 e. The maximum atomic E-state index is 14.5. The summed E-state index contributed by atoms with van der Waals surface area (Å²) >= 11 is 0. The molecule has 6 heterocycles. The van der Waals surface area contributed by atoms with Gasteiger partial charge in [-0.25, -0.2) is 9.37 Å². The highest BCUT2D eigenvalue weighted by molar-refractivity contribution is 5.90. The number of carbonyl (C=O) groups excluding carboxylic acids is 1.